The van der Waals surface area contributed by atoms with Crippen LogP contribution in [0.15, 0.2) is 72.5 Å². The molecule has 2 aromatic rings. The van der Waals surface area contributed by atoms with E-state index < -0.39 is 0 Å². The van der Waals surface area contributed by atoms with Crippen molar-refractivity contribution in [3.8, 4) is 0 Å². The largest absolute Gasteiger partial charge is 0.391 e. The molecule has 0 unspecified atom stereocenters. The monoisotopic (exact) mass is 515 g/mol. The molecule has 3 N–H and O–H groups in total. The smallest absolute Gasteiger partial charge is 0.322 e. The van der Waals surface area contributed by atoms with Crippen LogP contribution in [0.3, 0.4) is 0 Å². The van der Waals surface area contributed by atoms with E-state index in [1.165, 1.54) is 16.8 Å². The standard InChI is InChI=1S/C31H41N5O2/c1-5-24(21-33-22-37)29(32-4)31(2,3)20-23-9-8-11-27(19-23)35-16-14-26(15-17-35)36-18-13-25-10-6-7-12-28(25)34-30(36)38/h5-12,19,22,26,32H,1,13-18,20-21H2,2-4H3,(H,33,37)(H,34,38)/b29-24+. The van der Waals surface area contributed by atoms with E-state index in [1.807, 2.05) is 36.2 Å². The van der Waals surface area contributed by atoms with Gasteiger partial charge in [0.05, 0.1) is 0 Å². The second-order valence-electron chi connectivity index (χ2n) is 10.8. The molecule has 0 aliphatic carbocycles. The van der Waals surface area contributed by atoms with Gasteiger partial charge in [0, 0.05) is 61.8 Å². The van der Waals surface area contributed by atoms with Gasteiger partial charge in [-0.2, -0.15) is 0 Å². The highest BCUT2D eigenvalue weighted by molar-refractivity contribution is 5.91. The van der Waals surface area contributed by atoms with Crippen molar-refractivity contribution in [1.29, 1.82) is 0 Å². The SMILES string of the molecule is C=C/C(CNC=O)=C(\NC)C(C)(C)Cc1cccc(N2CCC(N3CCc4ccccc4NC3=O)CC2)c1. The Morgan fingerprint density at radius 2 is 1.89 bits per heavy atom. The van der Waals surface area contributed by atoms with E-state index in [9.17, 15) is 9.59 Å². The first-order valence-electron chi connectivity index (χ1n) is 13.6. The van der Waals surface area contributed by atoms with Crippen LogP contribution in [0.2, 0.25) is 0 Å². The molecular formula is C31H41N5O2. The highest BCUT2D eigenvalue weighted by Crippen LogP contribution is 2.33. The molecule has 2 aliphatic rings. The molecule has 7 heteroatoms. The molecule has 4 rings (SSSR count). The number of urea groups is 1. The second kappa shape index (κ2) is 12.2. The maximum Gasteiger partial charge on any atom is 0.322 e. The van der Waals surface area contributed by atoms with Gasteiger partial charge in [0.1, 0.15) is 0 Å². The Balaban J connectivity index is 1.41. The zero-order valence-corrected chi connectivity index (χ0v) is 22.9. The quantitative estimate of drug-likeness (QED) is 0.316. The van der Waals surface area contributed by atoms with Gasteiger partial charge in [0.25, 0.3) is 0 Å². The number of allylic oxidation sites excluding steroid dienone is 1. The summed E-state index contributed by atoms with van der Waals surface area (Å²) in [6, 6.07) is 17.2. The van der Waals surface area contributed by atoms with Gasteiger partial charge in [-0.3, -0.25) is 4.79 Å². The summed E-state index contributed by atoms with van der Waals surface area (Å²) in [7, 11) is 1.92. The summed E-state index contributed by atoms with van der Waals surface area (Å²) in [5, 5.41) is 9.23. The minimum absolute atomic E-state index is 0.0215. The lowest BCUT2D eigenvalue weighted by atomic mass is 9.80. The van der Waals surface area contributed by atoms with Crippen molar-refractivity contribution in [3.63, 3.8) is 0 Å². The Kier molecular flexibility index (Phi) is 8.77. The number of nitrogens with one attached hydrogen (secondary N) is 3. The van der Waals surface area contributed by atoms with Gasteiger partial charge in [-0.1, -0.05) is 56.8 Å². The van der Waals surface area contributed by atoms with Gasteiger partial charge in [-0.15, -0.1) is 0 Å². The summed E-state index contributed by atoms with van der Waals surface area (Å²) in [4.78, 5) is 28.3. The molecule has 0 aromatic heterocycles. The third kappa shape index (κ3) is 6.21. The predicted molar refractivity (Wildman–Crippen MR) is 155 cm³/mol. The first-order valence-corrected chi connectivity index (χ1v) is 13.6. The molecule has 38 heavy (non-hydrogen) atoms. The molecule has 3 amide bonds. The number of rotatable bonds is 10. The van der Waals surface area contributed by atoms with Crippen molar-refractivity contribution < 1.29 is 9.59 Å². The number of carbonyl (C=O) groups is 2. The van der Waals surface area contributed by atoms with Gasteiger partial charge in [-0.25, -0.2) is 4.79 Å². The molecule has 0 bridgehead atoms. The van der Waals surface area contributed by atoms with Gasteiger partial charge in [0.15, 0.2) is 0 Å². The van der Waals surface area contributed by atoms with Gasteiger partial charge in [0.2, 0.25) is 6.41 Å². The van der Waals surface area contributed by atoms with E-state index in [0.29, 0.717) is 13.0 Å². The molecule has 2 aromatic carbocycles. The number of carbonyl (C=O) groups excluding carboxylic acids is 2. The van der Waals surface area contributed by atoms with Crippen LogP contribution in [0, 0.1) is 5.41 Å². The molecule has 0 saturated carbocycles. The number of piperidine rings is 1. The van der Waals surface area contributed by atoms with E-state index in [1.54, 1.807) is 0 Å². The van der Waals surface area contributed by atoms with E-state index in [-0.39, 0.29) is 17.5 Å². The fraction of sp³-hybridized carbons (Fsp3) is 0.419. The zero-order chi connectivity index (χ0) is 27.1. The number of para-hydroxylation sites is 1. The summed E-state index contributed by atoms with van der Waals surface area (Å²) < 4.78 is 0. The molecular weight excluding hydrogens is 474 g/mol. The fourth-order valence-corrected chi connectivity index (χ4v) is 5.98. The number of anilines is 2. The third-order valence-electron chi connectivity index (χ3n) is 7.84. The molecule has 0 atom stereocenters. The zero-order valence-electron chi connectivity index (χ0n) is 22.9. The lowest BCUT2D eigenvalue weighted by Crippen LogP contribution is -2.48. The molecule has 0 spiro atoms. The summed E-state index contributed by atoms with van der Waals surface area (Å²) >= 11 is 0. The molecule has 7 nitrogen and oxygen atoms in total. The average molecular weight is 516 g/mol. The second-order valence-corrected chi connectivity index (χ2v) is 10.8. The predicted octanol–water partition coefficient (Wildman–Crippen LogP) is 4.72. The van der Waals surface area contributed by atoms with Gasteiger partial charge >= 0.3 is 6.03 Å². The molecule has 2 heterocycles. The first-order chi connectivity index (χ1) is 18.4. The Morgan fingerprint density at radius 3 is 2.61 bits per heavy atom. The lowest BCUT2D eigenvalue weighted by molar-refractivity contribution is -0.109. The molecule has 202 valence electrons. The Hall–Kier alpha value is -3.74. The minimum Gasteiger partial charge on any atom is -0.391 e. The van der Waals surface area contributed by atoms with Crippen LogP contribution in [0.4, 0.5) is 16.2 Å². The fourth-order valence-electron chi connectivity index (χ4n) is 5.98. The number of amides is 3. The van der Waals surface area contributed by atoms with Gasteiger partial charge < -0.3 is 25.8 Å². The van der Waals surface area contributed by atoms with E-state index in [0.717, 1.165) is 62.3 Å². The third-order valence-corrected chi connectivity index (χ3v) is 7.84. The van der Waals surface area contributed by atoms with Crippen LogP contribution in [0.25, 0.3) is 0 Å². The Bertz CT molecular complexity index is 1180. The average Bonchev–Trinajstić information content (AvgIpc) is 3.09. The van der Waals surface area contributed by atoms with Crippen LogP contribution >= 0.6 is 0 Å². The Labute approximate surface area is 227 Å². The summed E-state index contributed by atoms with van der Waals surface area (Å²) in [6.45, 7) is 11.4. The lowest BCUT2D eigenvalue weighted by Gasteiger charge is -2.39. The van der Waals surface area contributed by atoms with Crippen LogP contribution in [-0.2, 0) is 17.6 Å². The van der Waals surface area contributed by atoms with Crippen LogP contribution in [0.5, 0.6) is 0 Å². The highest BCUT2D eigenvalue weighted by atomic mass is 16.2. The van der Waals surface area contributed by atoms with Crippen molar-refractivity contribution in [2.24, 2.45) is 5.41 Å². The number of hydrogen-bond acceptors (Lipinski definition) is 4. The normalized spacial score (nSPS) is 17.1. The van der Waals surface area contributed by atoms with Crippen molar-refractivity contribution in [1.82, 2.24) is 15.5 Å². The van der Waals surface area contributed by atoms with Crippen molar-refractivity contribution in [3.05, 3.63) is 83.6 Å². The minimum atomic E-state index is -0.174. The number of benzene rings is 2. The maximum atomic E-state index is 13.0. The maximum absolute atomic E-state index is 13.0. The molecule has 1 saturated heterocycles. The van der Waals surface area contributed by atoms with E-state index >= 15 is 0 Å². The van der Waals surface area contributed by atoms with Crippen LogP contribution < -0.4 is 20.9 Å². The van der Waals surface area contributed by atoms with E-state index in [2.05, 4.69) is 71.6 Å². The van der Waals surface area contributed by atoms with Gasteiger partial charge in [-0.05, 0) is 60.6 Å². The molecule has 2 aliphatic heterocycles. The van der Waals surface area contributed by atoms with Crippen LogP contribution in [0.1, 0.15) is 37.8 Å². The number of hydrogen-bond donors (Lipinski definition) is 3. The summed E-state index contributed by atoms with van der Waals surface area (Å²) in [6.07, 6.45) is 6.18. The Morgan fingerprint density at radius 1 is 1.13 bits per heavy atom. The molecule has 1 fully saturated rings. The van der Waals surface area contributed by atoms with Crippen molar-refractivity contribution >= 4 is 23.8 Å². The van der Waals surface area contributed by atoms with Crippen LogP contribution in [-0.4, -0.2) is 56.6 Å². The first kappa shape index (κ1) is 27.3. The highest BCUT2D eigenvalue weighted by Gasteiger charge is 2.30. The van der Waals surface area contributed by atoms with Crippen molar-refractivity contribution in [2.45, 2.75) is 45.6 Å². The topological polar surface area (TPSA) is 76.7 Å². The summed E-state index contributed by atoms with van der Waals surface area (Å²) in [5.41, 5.74) is 6.52. The van der Waals surface area contributed by atoms with E-state index in [4.69, 9.17) is 0 Å². The number of fused-ring (bicyclic) bond motifs is 1. The summed E-state index contributed by atoms with van der Waals surface area (Å²) in [5.74, 6) is 0. The molecule has 0 radical (unpaired) electrons. The van der Waals surface area contributed by atoms with Crippen molar-refractivity contribution in [2.75, 3.05) is 43.4 Å². The number of nitrogens with zero attached hydrogens (tertiary/aromatic N) is 2.